The van der Waals surface area contributed by atoms with Crippen molar-refractivity contribution in [3.63, 3.8) is 0 Å². The molecule has 284 valence electrons. The molecule has 6 aromatic carbocycles. The fourth-order valence-electron chi connectivity index (χ4n) is 7.22. The van der Waals surface area contributed by atoms with Gasteiger partial charge in [-0.25, -0.2) is 4.98 Å². The highest BCUT2D eigenvalue weighted by molar-refractivity contribution is 5.97. The van der Waals surface area contributed by atoms with Crippen LogP contribution in [0.1, 0.15) is 96.3 Å². The molecule has 0 saturated carbocycles. The van der Waals surface area contributed by atoms with Gasteiger partial charge in [0.05, 0.1) is 31.9 Å². The largest absolute Gasteiger partial charge is 0.507 e. The number of rotatable bonds is 8. The Bertz CT molecular complexity index is 3230. The second-order valence-corrected chi connectivity index (χ2v) is 16.2. The van der Waals surface area contributed by atoms with Gasteiger partial charge in [0, 0.05) is 27.1 Å². The van der Waals surface area contributed by atoms with Crippen LogP contribution in [0.25, 0.3) is 72.7 Å². The Balaban J connectivity index is 1.40. The molecule has 2 heterocycles. The lowest BCUT2D eigenvalue weighted by molar-refractivity contribution is 0.466. The molecular formula is C53H51N3O. The van der Waals surface area contributed by atoms with Crippen molar-refractivity contribution in [1.82, 2.24) is 14.5 Å². The minimum absolute atomic E-state index is 0.0175. The van der Waals surface area contributed by atoms with E-state index in [9.17, 15) is 6.48 Å². The van der Waals surface area contributed by atoms with Crippen molar-refractivity contribution in [2.75, 3.05) is 0 Å². The van der Waals surface area contributed by atoms with Crippen molar-refractivity contribution in [3.05, 3.63) is 168 Å². The molecule has 8 aromatic rings. The van der Waals surface area contributed by atoms with E-state index >= 15 is 0 Å². The van der Waals surface area contributed by atoms with Crippen LogP contribution in [0.4, 0.5) is 0 Å². The minimum Gasteiger partial charge on any atom is -0.507 e. The number of benzene rings is 6. The highest BCUT2D eigenvalue weighted by Crippen LogP contribution is 2.43. The Morgan fingerprint density at radius 3 is 2.12 bits per heavy atom. The summed E-state index contributed by atoms with van der Waals surface area (Å²) < 4.78 is 87.0. The molecule has 0 amide bonds. The van der Waals surface area contributed by atoms with Gasteiger partial charge >= 0.3 is 0 Å². The molecule has 0 aliphatic carbocycles. The maximum atomic E-state index is 12.2. The molecule has 0 spiro atoms. The third-order valence-corrected chi connectivity index (χ3v) is 10.4. The summed E-state index contributed by atoms with van der Waals surface area (Å²) in [6.07, 6.45) is -0.565. The van der Waals surface area contributed by atoms with Gasteiger partial charge in [0.2, 0.25) is 0 Å². The monoisotopic (exact) mass is 755 g/mol. The maximum Gasteiger partial charge on any atom is 0.149 e. The van der Waals surface area contributed by atoms with Crippen molar-refractivity contribution in [1.29, 1.82) is 0 Å². The fourth-order valence-corrected chi connectivity index (χ4v) is 7.22. The third kappa shape index (κ3) is 7.40. The van der Waals surface area contributed by atoms with Crippen molar-refractivity contribution >= 4 is 11.0 Å². The number of para-hydroxylation sites is 1. The van der Waals surface area contributed by atoms with Crippen LogP contribution in [-0.4, -0.2) is 19.6 Å². The lowest BCUT2D eigenvalue weighted by Gasteiger charge is -2.23. The molecule has 8 rings (SSSR count). The number of fused-ring (bicyclic) bond motifs is 1. The zero-order valence-electron chi connectivity index (χ0n) is 43.3. The van der Waals surface area contributed by atoms with Gasteiger partial charge < -0.3 is 5.11 Å². The molecule has 1 N–H and O–H groups in total. The van der Waals surface area contributed by atoms with E-state index in [0.717, 1.165) is 39.0 Å². The van der Waals surface area contributed by atoms with E-state index in [2.05, 4.69) is 94.4 Å². The van der Waals surface area contributed by atoms with Gasteiger partial charge in [-0.15, -0.1) is 0 Å². The molecule has 0 fully saturated rings. The molecular weight excluding hydrogens is 695 g/mol. The van der Waals surface area contributed by atoms with E-state index in [0.29, 0.717) is 33.6 Å². The Morgan fingerprint density at radius 2 is 1.40 bits per heavy atom. The maximum absolute atomic E-state index is 12.2. The average molecular weight is 756 g/mol. The summed E-state index contributed by atoms with van der Waals surface area (Å²) in [6.45, 7) is 12.0. The van der Waals surface area contributed by atoms with Gasteiger partial charge in [0.25, 0.3) is 0 Å². The number of aromatic nitrogens is 3. The molecule has 0 bridgehead atoms. The molecule has 57 heavy (non-hydrogen) atoms. The van der Waals surface area contributed by atoms with E-state index in [1.807, 2.05) is 48.5 Å². The zero-order valence-corrected chi connectivity index (χ0v) is 33.3. The first kappa shape index (κ1) is 27.4. The van der Waals surface area contributed by atoms with Crippen LogP contribution in [0.2, 0.25) is 0 Å². The van der Waals surface area contributed by atoms with Crippen LogP contribution in [-0.2, 0) is 5.41 Å². The summed E-state index contributed by atoms with van der Waals surface area (Å²) in [5.74, 6) is 0.866. The first-order chi connectivity index (χ1) is 31.5. The van der Waals surface area contributed by atoms with Crippen LogP contribution in [0.15, 0.2) is 146 Å². The van der Waals surface area contributed by atoms with E-state index in [-0.39, 0.29) is 34.3 Å². The van der Waals surface area contributed by atoms with E-state index < -0.39 is 60.4 Å². The van der Waals surface area contributed by atoms with Crippen LogP contribution < -0.4 is 0 Å². The standard InChI is InChI=1S/C53H51N3O/c1-33(2)41-29-46(34(3)4)51(57)47(30-41)52-55-50-45(39-16-12-17-40(26-39)48-31-38(24-25-54-48)37-22-20-35(5)21-23-37)18-13-19-49(50)56(52)44-28-42(36-14-10-9-11-15-36)27-43(32-44)53(6,7)8/h9-34,57H,1-8H3/i5D3,20D,21D,22D,23D,24D,25D,31D. The summed E-state index contributed by atoms with van der Waals surface area (Å²) in [5.41, 5.74) is 7.78. The first-order valence-electron chi connectivity index (χ1n) is 24.3. The van der Waals surface area contributed by atoms with Gasteiger partial charge in [-0.2, -0.15) is 0 Å². The summed E-state index contributed by atoms with van der Waals surface area (Å²) in [4.78, 5) is 9.77. The lowest BCUT2D eigenvalue weighted by Crippen LogP contribution is -2.12. The van der Waals surface area contributed by atoms with Crippen LogP contribution in [0.5, 0.6) is 5.75 Å². The van der Waals surface area contributed by atoms with Gasteiger partial charge in [0.1, 0.15) is 11.6 Å². The van der Waals surface area contributed by atoms with Crippen molar-refractivity contribution < 1.29 is 18.8 Å². The smallest absolute Gasteiger partial charge is 0.149 e. The Hall–Kier alpha value is -6.26. The predicted molar refractivity (Wildman–Crippen MR) is 239 cm³/mol. The molecule has 0 aliphatic rings. The van der Waals surface area contributed by atoms with Crippen molar-refractivity contribution in [2.45, 2.75) is 72.6 Å². The fraction of sp³-hybridized carbons (Fsp3) is 0.208. The normalized spacial score (nSPS) is 14.6. The SMILES string of the molecule is [2H]c1nc(-c2cccc(-c3cccc4c3nc(-c3cc(C(C)C)cc(C(C)C)c3O)n4-c3cc(-c4ccccc4)cc(C(C)(C)C)c3)c2)c([2H])c(-c2c([2H])c([2H])c(C([2H])([2H])[2H])c([2H])c2[2H])c1[2H]. The second kappa shape index (κ2) is 15.0. The average Bonchev–Trinajstić information content (AvgIpc) is 3.67. The Labute approximate surface area is 351 Å². The Kier molecular flexibility index (Phi) is 7.20. The number of aromatic hydroxyl groups is 1. The number of imidazole rings is 1. The number of pyridine rings is 1. The highest BCUT2D eigenvalue weighted by Gasteiger charge is 2.25. The summed E-state index contributed by atoms with van der Waals surface area (Å²) in [6, 6.07) is 29.8. The summed E-state index contributed by atoms with van der Waals surface area (Å²) in [5, 5.41) is 12.2. The molecule has 0 radical (unpaired) electrons. The van der Waals surface area contributed by atoms with Crippen molar-refractivity contribution in [3.8, 4) is 67.5 Å². The second-order valence-electron chi connectivity index (χ2n) is 16.2. The van der Waals surface area contributed by atoms with E-state index in [1.165, 1.54) is 0 Å². The number of phenols is 1. The molecule has 0 saturated heterocycles. The van der Waals surface area contributed by atoms with Gasteiger partial charge in [0.15, 0.2) is 0 Å². The molecule has 0 unspecified atom stereocenters. The molecule has 4 nitrogen and oxygen atoms in total. The van der Waals surface area contributed by atoms with Crippen LogP contribution >= 0.6 is 0 Å². The van der Waals surface area contributed by atoms with Crippen molar-refractivity contribution in [2.24, 2.45) is 0 Å². The number of hydrogen-bond donors (Lipinski definition) is 1. The molecule has 4 heteroatoms. The Morgan fingerprint density at radius 1 is 0.667 bits per heavy atom. The topological polar surface area (TPSA) is 50.9 Å². The predicted octanol–water partition coefficient (Wildman–Crippen LogP) is 14.3. The molecule has 0 atom stereocenters. The summed E-state index contributed by atoms with van der Waals surface area (Å²) in [7, 11) is 0. The number of nitrogens with zero attached hydrogens (tertiary/aromatic N) is 3. The number of hydrogen-bond acceptors (Lipinski definition) is 3. The van der Waals surface area contributed by atoms with E-state index in [4.69, 9.17) is 17.3 Å². The molecule has 0 aliphatic heterocycles. The van der Waals surface area contributed by atoms with Gasteiger partial charge in [-0.3, -0.25) is 9.55 Å². The number of phenolic OH excluding ortho intramolecular Hbond substituents is 1. The van der Waals surface area contributed by atoms with E-state index in [1.54, 1.807) is 18.2 Å². The summed E-state index contributed by atoms with van der Waals surface area (Å²) >= 11 is 0. The van der Waals surface area contributed by atoms with Gasteiger partial charge in [-0.1, -0.05) is 151 Å². The lowest BCUT2D eigenvalue weighted by atomic mass is 9.85. The minimum atomic E-state index is -2.95. The molecule has 2 aromatic heterocycles. The zero-order chi connectivity index (χ0) is 48.6. The third-order valence-electron chi connectivity index (χ3n) is 10.4. The van der Waals surface area contributed by atoms with Crippen LogP contribution in [0.3, 0.4) is 0 Å². The van der Waals surface area contributed by atoms with Gasteiger partial charge in [-0.05, 0) is 111 Å². The van der Waals surface area contributed by atoms with Crippen LogP contribution in [0, 0.1) is 6.85 Å². The highest BCUT2D eigenvalue weighted by atomic mass is 16.3. The first-order valence-corrected chi connectivity index (χ1v) is 19.3. The quantitative estimate of drug-likeness (QED) is 0.168.